The Bertz CT molecular complexity index is 489. The Morgan fingerprint density at radius 3 is 2.48 bits per heavy atom. The Morgan fingerprint density at radius 2 is 1.90 bits per heavy atom. The van der Waals surface area contributed by atoms with Crippen LogP contribution in [0.3, 0.4) is 0 Å². The predicted molar refractivity (Wildman–Crippen MR) is 84.7 cm³/mol. The zero-order valence-corrected chi connectivity index (χ0v) is 12.8. The molecule has 4 nitrogen and oxygen atoms in total. The van der Waals surface area contributed by atoms with E-state index < -0.39 is 0 Å². The maximum atomic E-state index is 12.6. The fourth-order valence-electron chi connectivity index (χ4n) is 3.17. The van der Waals surface area contributed by atoms with Crippen LogP contribution in [0.2, 0.25) is 0 Å². The predicted octanol–water partition coefficient (Wildman–Crippen LogP) is 2.24. The van der Waals surface area contributed by atoms with Crippen molar-refractivity contribution in [3.05, 3.63) is 29.8 Å². The first-order valence-corrected chi connectivity index (χ1v) is 8.04. The molecule has 1 saturated heterocycles. The first-order valence-electron chi connectivity index (χ1n) is 8.04. The largest absolute Gasteiger partial charge is 0.399 e. The molecule has 114 valence electrons. The SMILES string of the molecule is CC(C(=O)N1CCCC1)N(Cc1ccc(N)cc1)C1CC1. The van der Waals surface area contributed by atoms with Gasteiger partial charge in [-0.3, -0.25) is 9.69 Å². The molecule has 21 heavy (non-hydrogen) atoms. The van der Waals surface area contributed by atoms with Crippen LogP contribution in [-0.4, -0.2) is 40.9 Å². The van der Waals surface area contributed by atoms with E-state index in [4.69, 9.17) is 5.73 Å². The van der Waals surface area contributed by atoms with Crippen LogP contribution >= 0.6 is 0 Å². The van der Waals surface area contributed by atoms with Crippen LogP contribution in [0.1, 0.15) is 38.2 Å². The fraction of sp³-hybridized carbons (Fsp3) is 0.588. The van der Waals surface area contributed by atoms with Gasteiger partial charge < -0.3 is 10.6 Å². The highest BCUT2D eigenvalue weighted by atomic mass is 16.2. The number of benzene rings is 1. The van der Waals surface area contributed by atoms with Crippen LogP contribution in [0.15, 0.2) is 24.3 Å². The van der Waals surface area contributed by atoms with Crippen LogP contribution in [0, 0.1) is 0 Å². The van der Waals surface area contributed by atoms with Gasteiger partial charge in [0.1, 0.15) is 0 Å². The molecule has 1 amide bonds. The van der Waals surface area contributed by atoms with Crippen LogP contribution in [0.25, 0.3) is 0 Å². The van der Waals surface area contributed by atoms with Crippen molar-refractivity contribution in [2.24, 2.45) is 0 Å². The number of rotatable bonds is 5. The number of carbonyl (C=O) groups excluding carboxylic acids is 1. The lowest BCUT2D eigenvalue weighted by atomic mass is 10.1. The van der Waals surface area contributed by atoms with Gasteiger partial charge in [0.15, 0.2) is 0 Å². The van der Waals surface area contributed by atoms with E-state index in [0.717, 1.165) is 38.2 Å². The van der Waals surface area contributed by atoms with Crippen molar-refractivity contribution in [1.29, 1.82) is 0 Å². The smallest absolute Gasteiger partial charge is 0.239 e. The van der Waals surface area contributed by atoms with E-state index in [1.807, 2.05) is 17.0 Å². The topological polar surface area (TPSA) is 49.6 Å². The molecule has 3 rings (SSSR count). The van der Waals surface area contributed by atoms with Crippen molar-refractivity contribution in [3.8, 4) is 0 Å². The zero-order chi connectivity index (χ0) is 14.8. The van der Waals surface area contributed by atoms with Crippen LogP contribution in [0.4, 0.5) is 5.69 Å². The second kappa shape index (κ2) is 6.06. The van der Waals surface area contributed by atoms with Crippen molar-refractivity contribution in [3.63, 3.8) is 0 Å². The molecule has 1 saturated carbocycles. The van der Waals surface area contributed by atoms with E-state index in [-0.39, 0.29) is 6.04 Å². The average molecular weight is 287 g/mol. The molecule has 1 aliphatic carbocycles. The molecular formula is C17H25N3O. The van der Waals surface area contributed by atoms with Crippen molar-refractivity contribution in [2.75, 3.05) is 18.8 Å². The van der Waals surface area contributed by atoms with Crippen molar-refractivity contribution >= 4 is 11.6 Å². The lowest BCUT2D eigenvalue weighted by Gasteiger charge is -2.31. The molecule has 2 N–H and O–H groups in total. The number of nitrogens with zero attached hydrogens (tertiary/aromatic N) is 2. The monoisotopic (exact) mass is 287 g/mol. The standard InChI is InChI=1S/C17H25N3O/c1-13(17(21)19-10-2-3-11-19)20(16-8-9-16)12-14-4-6-15(18)7-5-14/h4-7,13,16H,2-3,8-12,18H2,1H3. The summed E-state index contributed by atoms with van der Waals surface area (Å²) in [6, 6.07) is 8.56. The first kappa shape index (κ1) is 14.4. The molecule has 1 aromatic rings. The number of nitrogens with two attached hydrogens (primary N) is 1. The molecule has 4 heteroatoms. The van der Waals surface area contributed by atoms with Gasteiger partial charge in [-0.1, -0.05) is 12.1 Å². The highest BCUT2D eigenvalue weighted by Gasteiger charge is 2.36. The second-order valence-corrected chi connectivity index (χ2v) is 6.35. The van der Waals surface area contributed by atoms with E-state index >= 15 is 0 Å². The molecule has 2 aliphatic rings. The van der Waals surface area contributed by atoms with E-state index in [9.17, 15) is 4.79 Å². The Morgan fingerprint density at radius 1 is 1.29 bits per heavy atom. The maximum absolute atomic E-state index is 12.6. The summed E-state index contributed by atoms with van der Waals surface area (Å²) in [5.41, 5.74) is 7.77. The molecule has 0 radical (unpaired) electrons. The van der Waals surface area contributed by atoms with Gasteiger partial charge >= 0.3 is 0 Å². The van der Waals surface area contributed by atoms with E-state index in [1.165, 1.54) is 18.4 Å². The third-order valence-electron chi connectivity index (χ3n) is 4.63. The summed E-state index contributed by atoms with van der Waals surface area (Å²) < 4.78 is 0. The highest BCUT2D eigenvalue weighted by Crippen LogP contribution is 2.31. The summed E-state index contributed by atoms with van der Waals surface area (Å²) in [5.74, 6) is 0.301. The molecule has 1 atom stereocenters. The Labute approximate surface area is 126 Å². The Hall–Kier alpha value is -1.55. The lowest BCUT2D eigenvalue weighted by Crippen LogP contribution is -2.46. The average Bonchev–Trinajstić information content (AvgIpc) is 3.18. The van der Waals surface area contributed by atoms with Crippen LogP contribution in [0.5, 0.6) is 0 Å². The first-order chi connectivity index (χ1) is 10.1. The molecule has 0 aromatic heterocycles. The van der Waals surface area contributed by atoms with E-state index in [0.29, 0.717) is 11.9 Å². The number of hydrogen-bond donors (Lipinski definition) is 1. The second-order valence-electron chi connectivity index (χ2n) is 6.35. The minimum atomic E-state index is -0.0202. The van der Waals surface area contributed by atoms with E-state index in [2.05, 4.69) is 24.0 Å². The molecular weight excluding hydrogens is 262 g/mol. The Kier molecular flexibility index (Phi) is 4.15. The van der Waals surface area contributed by atoms with Crippen LogP contribution < -0.4 is 5.73 Å². The number of hydrogen-bond acceptors (Lipinski definition) is 3. The van der Waals surface area contributed by atoms with Gasteiger partial charge in [-0.05, 0) is 50.3 Å². The lowest BCUT2D eigenvalue weighted by molar-refractivity contribution is -0.135. The van der Waals surface area contributed by atoms with Gasteiger partial charge in [0.2, 0.25) is 5.91 Å². The maximum Gasteiger partial charge on any atom is 0.239 e. The summed E-state index contributed by atoms with van der Waals surface area (Å²) >= 11 is 0. The summed E-state index contributed by atoms with van der Waals surface area (Å²) in [6.45, 7) is 4.77. The molecule has 1 unspecified atom stereocenters. The third-order valence-corrected chi connectivity index (χ3v) is 4.63. The van der Waals surface area contributed by atoms with Gasteiger partial charge in [-0.2, -0.15) is 0 Å². The minimum absolute atomic E-state index is 0.0202. The number of likely N-dealkylation sites (tertiary alicyclic amines) is 1. The summed E-state index contributed by atoms with van der Waals surface area (Å²) in [7, 11) is 0. The molecule has 1 aromatic carbocycles. The quantitative estimate of drug-likeness (QED) is 0.845. The van der Waals surface area contributed by atoms with Crippen molar-refractivity contribution in [2.45, 2.75) is 51.2 Å². The zero-order valence-electron chi connectivity index (χ0n) is 12.8. The fourth-order valence-corrected chi connectivity index (χ4v) is 3.17. The van der Waals surface area contributed by atoms with Crippen molar-refractivity contribution < 1.29 is 4.79 Å². The molecule has 0 bridgehead atoms. The molecule has 0 spiro atoms. The number of nitrogen functional groups attached to an aromatic ring is 1. The number of anilines is 1. The molecule has 1 heterocycles. The van der Waals surface area contributed by atoms with E-state index in [1.54, 1.807) is 0 Å². The van der Waals surface area contributed by atoms with Gasteiger partial charge in [0, 0.05) is 31.4 Å². The van der Waals surface area contributed by atoms with Crippen molar-refractivity contribution in [1.82, 2.24) is 9.80 Å². The van der Waals surface area contributed by atoms with Gasteiger partial charge in [0.25, 0.3) is 0 Å². The highest BCUT2D eigenvalue weighted by molar-refractivity contribution is 5.81. The summed E-state index contributed by atoms with van der Waals surface area (Å²) in [5, 5.41) is 0. The third kappa shape index (κ3) is 3.38. The van der Waals surface area contributed by atoms with Gasteiger partial charge in [0.05, 0.1) is 6.04 Å². The van der Waals surface area contributed by atoms with Gasteiger partial charge in [-0.15, -0.1) is 0 Å². The minimum Gasteiger partial charge on any atom is -0.399 e. The van der Waals surface area contributed by atoms with Gasteiger partial charge in [-0.25, -0.2) is 0 Å². The van der Waals surface area contributed by atoms with Crippen LogP contribution in [-0.2, 0) is 11.3 Å². The number of carbonyl (C=O) groups is 1. The molecule has 2 fully saturated rings. The Balaban J connectivity index is 1.68. The summed E-state index contributed by atoms with van der Waals surface area (Å²) in [6.07, 6.45) is 4.74. The summed E-state index contributed by atoms with van der Waals surface area (Å²) in [4.78, 5) is 17.0. The normalized spacial score (nSPS) is 20.0. The molecule has 1 aliphatic heterocycles. The number of amides is 1.